The molecule has 6 heteroatoms. The number of carbonyl (C=O) groups is 2. The number of anilines is 1. The molecule has 1 aromatic heterocycles. The minimum atomic E-state index is -0.299. The first kappa shape index (κ1) is 22.5. The average molecular weight is 384 g/mol. The average Bonchev–Trinajstić information content (AvgIpc) is 3.05. The Kier molecular flexibility index (Phi) is 10.3. The maximum Gasteiger partial charge on any atom is 0.350 e. The number of nitrogens with one attached hydrogen (secondary N) is 1. The highest BCUT2D eigenvalue weighted by Crippen LogP contribution is 2.31. The van der Waals surface area contributed by atoms with Crippen molar-refractivity contribution in [2.75, 3.05) is 19.0 Å². The van der Waals surface area contributed by atoms with E-state index in [2.05, 4.69) is 32.2 Å². The number of hydrogen-bond acceptors (Lipinski definition) is 6. The lowest BCUT2D eigenvalue weighted by Gasteiger charge is -2.27. The fraction of sp³-hybridized carbons (Fsp3) is 0.700. The number of methoxy groups -OCH3 is 1. The number of ether oxygens (including phenoxy) is 2. The second-order valence-electron chi connectivity index (χ2n) is 6.33. The van der Waals surface area contributed by atoms with Crippen LogP contribution in [0.3, 0.4) is 0 Å². The lowest BCUT2D eigenvalue weighted by Crippen LogP contribution is -2.29. The standard InChI is InChI=1S/C20H33NO4S/c1-6-14(7-2)16(11-10-12-18(22)25-9-4)21-17-13-15(8-3)26-19(17)20(23)24-5/h13-14,16,21H,6-12H2,1-5H3. The molecule has 0 aliphatic heterocycles. The van der Waals surface area contributed by atoms with Crippen LogP contribution in [0.1, 0.15) is 74.3 Å². The van der Waals surface area contributed by atoms with Crippen molar-refractivity contribution in [2.45, 2.75) is 72.3 Å². The van der Waals surface area contributed by atoms with Gasteiger partial charge < -0.3 is 14.8 Å². The van der Waals surface area contributed by atoms with Crippen LogP contribution >= 0.6 is 11.3 Å². The minimum absolute atomic E-state index is 0.144. The van der Waals surface area contributed by atoms with Gasteiger partial charge in [0.1, 0.15) is 4.88 Å². The van der Waals surface area contributed by atoms with Crippen LogP contribution in [-0.4, -0.2) is 31.7 Å². The summed E-state index contributed by atoms with van der Waals surface area (Å²) in [5.74, 6) is 0.0366. The molecule has 0 bridgehead atoms. The van der Waals surface area contributed by atoms with Crippen LogP contribution in [0.4, 0.5) is 5.69 Å². The van der Waals surface area contributed by atoms with E-state index in [-0.39, 0.29) is 18.0 Å². The smallest absolute Gasteiger partial charge is 0.350 e. The molecule has 1 rings (SSSR count). The first-order valence-corrected chi connectivity index (χ1v) is 10.4. The Labute approximate surface area is 161 Å². The SMILES string of the molecule is CCOC(=O)CCCC(Nc1cc(CC)sc1C(=O)OC)C(CC)CC. The molecule has 5 nitrogen and oxygen atoms in total. The number of hydrogen-bond donors (Lipinski definition) is 1. The molecule has 1 aromatic rings. The Morgan fingerprint density at radius 3 is 2.42 bits per heavy atom. The zero-order valence-corrected chi connectivity index (χ0v) is 17.5. The van der Waals surface area contributed by atoms with Gasteiger partial charge in [-0.3, -0.25) is 4.79 Å². The highest BCUT2D eigenvalue weighted by Gasteiger charge is 2.23. The molecule has 1 heterocycles. The molecule has 26 heavy (non-hydrogen) atoms. The Balaban J connectivity index is 2.89. The molecular weight excluding hydrogens is 350 g/mol. The Morgan fingerprint density at radius 1 is 1.19 bits per heavy atom. The molecule has 0 amide bonds. The zero-order valence-electron chi connectivity index (χ0n) is 16.7. The molecule has 0 aliphatic carbocycles. The van der Waals surface area contributed by atoms with Crippen molar-refractivity contribution in [3.8, 4) is 0 Å². The fourth-order valence-electron chi connectivity index (χ4n) is 3.15. The summed E-state index contributed by atoms with van der Waals surface area (Å²) in [6, 6.07) is 2.26. The van der Waals surface area contributed by atoms with Gasteiger partial charge in [0, 0.05) is 17.3 Å². The van der Waals surface area contributed by atoms with E-state index >= 15 is 0 Å². The van der Waals surface area contributed by atoms with Gasteiger partial charge in [-0.1, -0.05) is 33.6 Å². The summed E-state index contributed by atoms with van der Waals surface area (Å²) < 4.78 is 9.96. The normalized spacial score (nSPS) is 12.1. The molecule has 0 saturated heterocycles. The summed E-state index contributed by atoms with van der Waals surface area (Å²) in [6.45, 7) is 8.68. The van der Waals surface area contributed by atoms with Crippen molar-refractivity contribution in [2.24, 2.45) is 5.92 Å². The molecule has 0 aromatic carbocycles. The van der Waals surface area contributed by atoms with Crippen LogP contribution in [0, 0.1) is 5.92 Å². The number of aryl methyl sites for hydroxylation is 1. The van der Waals surface area contributed by atoms with Gasteiger partial charge in [0.15, 0.2) is 0 Å². The van der Waals surface area contributed by atoms with E-state index in [1.807, 2.05) is 6.92 Å². The topological polar surface area (TPSA) is 64.6 Å². The number of rotatable bonds is 12. The second-order valence-corrected chi connectivity index (χ2v) is 7.46. The third-order valence-corrected chi connectivity index (χ3v) is 5.92. The van der Waals surface area contributed by atoms with Crippen molar-refractivity contribution in [3.05, 3.63) is 15.8 Å². The van der Waals surface area contributed by atoms with Gasteiger partial charge in [-0.05, 0) is 38.2 Å². The Bertz CT molecular complexity index is 566. The maximum atomic E-state index is 12.1. The number of thiophene rings is 1. The van der Waals surface area contributed by atoms with Gasteiger partial charge in [0.05, 0.1) is 19.4 Å². The van der Waals surface area contributed by atoms with E-state index in [1.165, 1.54) is 18.4 Å². The van der Waals surface area contributed by atoms with Crippen LogP contribution in [0.2, 0.25) is 0 Å². The molecule has 0 saturated carbocycles. The van der Waals surface area contributed by atoms with Crippen LogP contribution < -0.4 is 5.32 Å². The summed E-state index contributed by atoms with van der Waals surface area (Å²) in [7, 11) is 1.41. The highest BCUT2D eigenvalue weighted by atomic mass is 32.1. The molecule has 0 spiro atoms. The molecular formula is C20H33NO4S. The Hall–Kier alpha value is -1.56. The molecule has 0 radical (unpaired) electrons. The van der Waals surface area contributed by atoms with E-state index in [0.717, 1.165) is 42.7 Å². The first-order chi connectivity index (χ1) is 12.5. The third kappa shape index (κ3) is 6.63. The van der Waals surface area contributed by atoms with Gasteiger partial charge in [-0.2, -0.15) is 0 Å². The van der Waals surface area contributed by atoms with E-state index in [1.54, 1.807) is 0 Å². The molecule has 148 valence electrons. The van der Waals surface area contributed by atoms with Crippen molar-refractivity contribution in [1.82, 2.24) is 0 Å². The van der Waals surface area contributed by atoms with Crippen molar-refractivity contribution in [3.63, 3.8) is 0 Å². The minimum Gasteiger partial charge on any atom is -0.466 e. The van der Waals surface area contributed by atoms with Crippen molar-refractivity contribution >= 4 is 29.0 Å². The van der Waals surface area contributed by atoms with Gasteiger partial charge in [0.25, 0.3) is 0 Å². The molecule has 0 aliphatic rings. The lowest BCUT2D eigenvalue weighted by molar-refractivity contribution is -0.143. The third-order valence-electron chi connectivity index (χ3n) is 4.66. The molecule has 1 atom stereocenters. The van der Waals surface area contributed by atoms with E-state index in [0.29, 0.717) is 23.8 Å². The summed E-state index contributed by atoms with van der Waals surface area (Å²) in [5, 5.41) is 3.58. The van der Waals surface area contributed by atoms with Crippen LogP contribution in [-0.2, 0) is 20.7 Å². The van der Waals surface area contributed by atoms with Gasteiger partial charge in [-0.15, -0.1) is 11.3 Å². The molecule has 0 fully saturated rings. The predicted octanol–water partition coefficient (Wildman–Crippen LogP) is 5.05. The summed E-state index contributed by atoms with van der Waals surface area (Å²) in [5.41, 5.74) is 0.853. The molecule has 1 unspecified atom stereocenters. The Morgan fingerprint density at radius 2 is 1.88 bits per heavy atom. The fourth-order valence-corrected chi connectivity index (χ4v) is 4.13. The number of carbonyl (C=O) groups excluding carboxylic acids is 2. The monoisotopic (exact) mass is 383 g/mol. The highest BCUT2D eigenvalue weighted by molar-refractivity contribution is 7.14. The van der Waals surface area contributed by atoms with Crippen molar-refractivity contribution in [1.29, 1.82) is 0 Å². The predicted molar refractivity (Wildman–Crippen MR) is 107 cm³/mol. The van der Waals surface area contributed by atoms with Gasteiger partial charge >= 0.3 is 11.9 Å². The van der Waals surface area contributed by atoms with E-state index < -0.39 is 0 Å². The quantitative estimate of drug-likeness (QED) is 0.512. The van der Waals surface area contributed by atoms with Crippen LogP contribution in [0.25, 0.3) is 0 Å². The second kappa shape index (κ2) is 11.9. The molecule has 1 N–H and O–H groups in total. The van der Waals surface area contributed by atoms with Gasteiger partial charge in [-0.25, -0.2) is 4.79 Å². The maximum absolute atomic E-state index is 12.1. The van der Waals surface area contributed by atoms with Gasteiger partial charge in [0.2, 0.25) is 0 Å². The van der Waals surface area contributed by atoms with Crippen LogP contribution in [0.15, 0.2) is 6.07 Å². The number of esters is 2. The first-order valence-electron chi connectivity index (χ1n) is 9.63. The van der Waals surface area contributed by atoms with E-state index in [4.69, 9.17) is 9.47 Å². The van der Waals surface area contributed by atoms with Crippen molar-refractivity contribution < 1.29 is 19.1 Å². The zero-order chi connectivity index (χ0) is 19.5. The summed E-state index contributed by atoms with van der Waals surface area (Å²) >= 11 is 1.49. The summed E-state index contributed by atoms with van der Waals surface area (Å²) in [4.78, 5) is 25.5. The van der Waals surface area contributed by atoms with E-state index in [9.17, 15) is 9.59 Å². The summed E-state index contributed by atoms with van der Waals surface area (Å²) in [6.07, 6.45) is 5.04. The largest absolute Gasteiger partial charge is 0.466 e. The van der Waals surface area contributed by atoms with Crippen LogP contribution in [0.5, 0.6) is 0 Å². The lowest BCUT2D eigenvalue weighted by atomic mass is 9.90.